The van der Waals surface area contributed by atoms with Gasteiger partial charge in [0, 0.05) is 18.2 Å². The lowest BCUT2D eigenvalue weighted by Crippen LogP contribution is -2.38. The van der Waals surface area contributed by atoms with Crippen molar-refractivity contribution in [2.45, 2.75) is 16.6 Å². The van der Waals surface area contributed by atoms with Crippen LogP contribution >= 0.6 is 0 Å². The molecule has 1 N–H and O–H groups in total. The van der Waals surface area contributed by atoms with Crippen LogP contribution in [0.3, 0.4) is 0 Å². The largest absolute Gasteiger partial charge is 0.493 e. The number of ether oxygens (including phenoxy) is 4. The van der Waals surface area contributed by atoms with Gasteiger partial charge in [0.15, 0.2) is 32.8 Å². The van der Waals surface area contributed by atoms with Crippen LogP contribution in [-0.2, 0) is 19.4 Å². The Morgan fingerprint density at radius 2 is 1.76 bits per heavy atom. The van der Waals surface area contributed by atoms with Crippen LogP contribution in [0.4, 0.5) is 11.4 Å². The number of sulfone groups is 1. The molecule has 11 heteroatoms. The van der Waals surface area contributed by atoms with E-state index in [1.807, 2.05) is 0 Å². The fraction of sp³-hybridized carbons (Fsp3) is 0.231. The second-order valence-corrected chi connectivity index (χ2v) is 10.5. The molecule has 0 spiro atoms. The summed E-state index contributed by atoms with van der Waals surface area (Å²) in [6, 6.07) is 15.9. The van der Waals surface area contributed by atoms with Gasteiger partial charge in [-0.2, -0.15) is 0 Å². The van der Waals surface area contributed by atoms with Gasteiger partial charge in [0.1, 0.15) is 6.54 Å². The summed E-state index contributed by atoms with van der Waals surface area (Å²) >= 11 is 0. The molecule has 1 atom stereocenters. The number of fused-ring (bicyclic) bond motifs is 2. The molecule has 5 rings (SSSR count). The highest BCUT2D eigenvalue weighted by Crippen LogP contribution is 2.42. The molecule has 0 saturated carbocycles. The van der Waals surface area contributed by atoms with Crippen molar-refractivity contribution in [1.82, 2.24) is 0 Å². The predicted molar refractivity (Wildman–Crippen MR) is 134 cm³/mol. The highest BCUT2D eigenvalue weighted by molar-refractivity contribution is 7.92. The van der Waals surface area contributed by atoms with Crippen LogP contribution in [0.25, 0.3) is 0 Å². The summed E-state index contributed by atoms with van der Waals surface area (Å²) < 4.78 is 48.8. The van der Waals surface area contributed by atoms with E-state index in [2.05, 4.69) is 5.32 Å². The Hall–Kier alpha value is -4.25. The van der Waals surface area contributed by atoms with Crippen molar-refractivity contribution < 1.29 is 37.0 Å². The summed E-state index contributed by atoms with van der Waals surface area (Å²) in [6.45, 7) is -0.278. The second kappa shape index (κ2) is 9.66. The maximum atomic E-state index is 13.8. The Balaban J connectivity index is 1.47. The second-order valence-electron chi connectivity index (χ2n) is 8.42. The van der Waals surface area contributed by atoms with E-state index in [9.17, 15) is 18.0 Å². The van der Waals surface area contributed by atoms with E-state index in [1.165, 1.54) is 31.3 Å². The summed E-state index contributed by atoms with van der Waals surface area (Å²) in [7, 11) is -1.08. The molecule has 3 aromatic carbocycles. The normalized spacial score (nSPS) is 17.5. The Morgan fingerprint density at radius 3 is 2.54 bits per heavy atom. The summed E-state index contributed by atoms with van der Waals surface area (Å²) in [4.78, 5) is 27.6. The maximum Gasteiger partial charge on any atom is 0.244 e. The third-order valence-corrected chi connectivity index (χ3v) is 8.38. The highest BCUT2D eigenvalue weighted by Gasteiger charge is 2.40. The Kier molecular flexibility index (Phi) is 6.38. The number of amides is 2. The van der Waals surface area contributed by atoms with Crippen LogP contribution < -0.4 is 29.2 Å². The molecule has 0 bridgehead atoms. The molecule has 2 heterocycles. The van der Waals surface area contributed by atoms with Crippen molar-refractivity contribution in [2.24, 2.45) is 0 Å². The van der Waals surface area contributed by atoms with Crippen LogP contribution in [0.15, 0.2) is 65.6 Å². The fourth-order valence-corrected chi connectivity index (χ4v) is 6.34. The lowest BCUT2D eigenvalue weighted by Gasteiger charge is -2.22. The van der Waals surface area contributed by atoms with Gasteiger partial charge in [-0.25, -0.2) is 8.42 Å². The molecule has 3 aromatic rings. The van der Waals surface area contributed by atoms with E-state index in [4.69, 9.17) is 18.9 Å². The van der Waals surface area contributed by atoms with Gasteiger partial charge in [-0.05, 0) is 42.0 Å². The van der Waals surface area contributed by atoms with Crippen LogP contribution in [0.5, 0.6) is 23.0 Å². The van der Waals surface area contributed by atoms with Crippen molar-refractivity contribution in [3.05, 3.63) is 66.2 Å². The van der Waals surface area contributed by atoms with Gasteiger partial charge in [-0.3, -0.25) is 9.59 Å². The van der Waals surface area contributed by atoms with Crippen molar-refractivity contribution >= 4 is 33.0 Å². The highest BCUT2D eigenvalue weighted by atomic mass is 32.2. The molecule has 0 fully saturated rings. The van der Waals surface area contributed by atoms with Gasteiger partial charge in [0.2, 0.25) is 18.6 Å². The molecule has 0 radical (unpaired) electrons. The first-order valence-corrected chi connectivity index (χ1v) is 12.9. The number of anilines is 2. The van der Waals surface area contributed by atoms with Gasteiger partial charge in [-0.1, -0.05) is 18.2 Å². The number of methoxy groups -OCH3 is 2. The minimum absolute atomic E-state index is 0.0310. The number of benzene rings is 3. The lowest BCUT2D eigenvalue weighted by molar-refractivity contribution is -0.121. The summed E-state index contributed by atoms with van der Waals surface area (Å²) in [5, 5.41) is 1.56. The monoisotopic (exact) mass is 524 g/mol. The van der Waals surface area contributed by atoms with Crippen LogP contribution in [0.1, 0.15) is 17.2 Å². The number of hydrogen-bond donors (Lipinski definition) is 1. The minimum atomic E-state index is -4.01. The summed E-state index contributed by atoms with van der Waals surface area (Å²) in [6.07, 6.45) is -0.357. The van der Waals surface area contributed by atoms with Crippen molar-refractivity contribution in [3.63, 3.8) is 0 Å². The van der Waals surface area contributed by atoms with E-state index in [0.717, 1.165) is 0 Å². The molecular weight excluding hydrogens is 500 g/mol. The molecule has 10 nitrogen and oxygen atoms in total. The molecule has 1 unspecified atom stereocenters. The standard InChI is InChI=1S/C26H24N2O8S/c1-33-19-9-7-16(11-21(19)34-2)24-13-26(30)28(18-5-3-4-6-23(18)37(24,31)32)14-25(29)27-17-8-10-20-22(12-17)36-15-35-20/h3-12,24H,13-15H2,1-2H3,(H,27,29). The van der Waals surface area contributed by atoms with E-state index in [0.29, 0.717) is 34.2 Å². The molecular formula is C26H24N2O8S. The van der Waals surface area contributed by atoms with Crippen LogP contribution in [0, 0.1) is 0 Å². The number of carbonyl (C=O) groups is 2. The van der Waals surface area contributed by atoms with E-state index in [1.54, 1.807) is 48.5 Å². The first kappa shape index (κ1) is 24.4. The molecule has 2 aliphatic heterocycles. The van der Waals surface area contributed by atoms with E-state index >= 15 is 0 Å². The van der Waals surface area contributed by atoms with E-state index < -0.39 is 26.9 Å². The molecule has 37 heavy (non-hydrogen) atoms. The molecule has 0 aliphatic carbocycles. The quantitative estimate of drug-likeness (QED) is 0.522. The lowest BCUT2D eigenvalue weighted by atomic mass is 10.1. The molecule has 0 saturated heterocycles. The van der Waals surface area contributed by atoms with Gasteiger partial charge < -0.3 is 29.2 Å². The van der Waals surface area contributed by atoms with Crippen molar-refractivity contribution in [3.8, 4) is 23.0 Å². The average molecular weight is 525 g/mol. The Morgan fingerprint density at radius 1 is 1.00 bits per heavy atom. The van der Waals surface area contributed by atoms with Gasteiger partial charge in [-0.15, -0.1) is 0 Å². The zero-order chi connectivity index (χ0) is 26.2. The summed E-state index contributed by atoms with van der Waals surface area (Å²) in [5.74, 6) is 0.850. The minimum Gasteiger partial charge on any atom is -0.493 e. The van der Waals surface area contributed by atoms with Crippen molar-refractivity contribution in [2.75, 3.05) is 37.8 Å². The predicted octanol–water partition coefficient (Wildman–Crippen LogP) is 3.32. The molecule has 192 valence electrons. The third-order valence-electron chi connectivity index (χ3n) is 6.24. The Bertz CT molecular complexity index is 1490. The number of para-hydroxylation sites is 1. The first-order chi connectivity index (χ1) is 17.8. The van der Waals surface area contributed by atoms with Gasteiger partial charge in [0.25, 0.3) is 0 Å². The molecule has 2 amide bonds. The smallest absolute Gasteiger partial charge is 0.244 e. The Labute approximate surface area is 213 Å². The number of hydrogen-bond acceptors (Lipinski definition) is 8. The fourth-order valence-electron chi connectivity index (χ4n) is 4.43. The van der Waals surface area contributed by atoms with Crippen molar-refractivity contribution in [1.29, 1.82) is 0 Å². The molecule has 2 aliphatic rings. The molecule has 0 aromatic heterocycles. The number of carbonyl (C=O) groups excluding carboxylic acids is 2. The first-order valence-electron chi connectivity index (χ1n) is 11.4. The summed E-state index contributed by atoms with van der Waals surface area (Å²) in [5.41, 5.74) is 0.990. The zero-order valence-corrected chi connectivity index (χ0v) is 20.9. The maximum absolute atomic E-state index is 13.8. The zero-order valence-electron chi connectivity index (χ0n) is 20.1. The van der Waals surface area contributed by atoms with Gasteiger partial charge in [0.05, 0.1) is 30.1 Å². The average Bonchev–Trinajstić information content (AvgIpc) is 3.35. The van der Waals surface area contributed by atoms with Crippen LogP contribution in [-0.4, -0.2) is 47.8 Å². The topological polar surface area (TPSA) is 120 Å². The number of nitrogens with one attached hydrogen (secondary N) is 1. The van der Waals surface area contributed by atoms with Crippen LogP contribution in [0.2, 0.25) is 0 Å². The van der Waals surface area contributed by atoms with Gasteiger partial charge >= 0.3 is 0 Å². The third kappa shape index (κ3) is 4.53. The number of rotatable bonds is 6. The van der Waals surface area contributed by atoms with E-state index in [-0.39, 0.29) is 30.3 Å². The number of nitrogens with zero attached hydrogens (tertiary/aromatic N) is 1. The SMILES string of the molecule is COc1ccc(C2CC(=O)N(CC(=O)Nc3ccc4c(c3)OCO4)c3ccccc3S2(=O)=O)cc1OC.